The van der Waals surface area contributed by atoms with Gasteiger partial charge in [0.05, 0.1) is 0 Å². The maximum absolute atomic E-state index is 12.6. The van der Waals surface area contributed by atoms with Crippen molar-refractivity contribution in [1.29, 1.82) is 0 Å². The molecule has 0 unspecified atom stereocenters. The molecule has 0 bridgehead atoms. The minimum Gasteiger partial charge on any atom is -0.421 e. The summed E-state index contributed by atoms with van der Waals surface area (Å²) in [6.45, 7) is 11.6. The van der Waals surface area contributed by atoms with E-state index in [1.807, 2.05) is 41.5 Å². The smallest absolute Gasteiger partial charge is 0.326 e. The molecule has 0 radical (unpaired) electrons. The van der Waals surface area contributed by atoms with Gasteiger partial charge in [-0.25, -0.2) is 0 Å². The highest BCUT2D eigenvalue weighted by Crippen LogP contribution is 2.45. The quantitative estimate of drug-likeness (QED) is 0.551. The van der Waals surface area contributed by atoms with Gasteiger partial charge in [0.25, 0.3) is 5.79 Å². The largest absolute Gasteiger partial charge is 0.421 e. The second-order valence-corrected chi connectivity index (χ2v) is 6.39. The van der Waals surface area contributed by atoms with Crippen LogP contribution in [0.2, 0.25) is 0 Å². The molecular formula is C16H28O4. The molecule has 4 nitrogen and oxygen atoms in total. The standard InChI is InChI=1S/C16H28O4/c1-7-9-15(10-8-2)13(17)19-16(11(3)4,12(5)6)20-14(15)18/h11-12H,7-10H2,1-6H3. The van der Waals surface area contributed by atoms with E-state index >= 15 is 0 Å². The van der Waals surface area contributed by atoms with Crippen molar-refractivity contribution in [1.82, 2.24) is 0 Å². The molecule has 1 aliphatic rings. The van der Waals surface area contributed by atoms with Gasteiger partial charge >= 0.3 is 11.9 Å². The van der Waals surface area contributed by atoms with Crippen molar-refractivity contribution < 1.29 is 19.1 Å². The number of carbonyl (C=O) groups excluding carboxylic acids is 2. The zero-order valence-corrected chi connectivity index (χ0v) is 13.6. The molecule has 0 aromatic rings. The average molecular weight is 284 g/mol. The fraction of sp³-hybridized carbons (Fsp3) is 0.875. The van der Waals surface area contributed by atoms with Gasteiger partial charge < -0.3 is 9.47 Å². The first-order valence-corrected chi connectivity index (χ1v) is 7.73. The summed E-state index contributed by atoms with van der Waals surface area (Å²) >= 11 is 0. The van der Waals surface area contributed by atoms with Gasteiger partial charge in [0.15, 0.2) is 5.41 Å². The van der Waals surface area contributed by atoms with E-state index in [1.54, 1.807) is 0 Å². The topological polar surface area (TPSA) is 52.6 Å². The van der Waals surface area contributed by atoms with Crippen LogP contribution in [-0.2, 0) is 19.1 Å². The summed E-state index contributed by atoms with van der Waals surface area (Å²) in [5, 5.41) is 0. The maximum Gasteiger partial charge on any atom is 0.326 e. The summed E-state index contributed by atoms with van der Waals surface area (Å²) in [5.41, 5.74) is -1.10. The first kappa shape index (κ1) is 17.0. The van der Waals surface area contributed by atoms with Crippen molar-refractivity contribution in [2.45, 2.75) is 73.0 Å². The van der Waals surface area contributed by atoms with Gasteiger partial charge in [0.1, 0.15) is 0 Å². The minimum absolute atomic E-state index is 0.0725. The van der Waals surface area contributed by atoms with Gasteiger partial charge in [-0.15, -0.1) is 0 Å². The SMILES string of the molecule is CCCC1(CCC)C(=O)OC(C(C)C)(C(C)C)OC1=O. The molecular weight excluding hydrogens is 256 g/mol. The summed E-state index contributed by atoms with van der Waals surface area (Å²) in [6, 6.07) is 0. The second kappa shape index (κ2) is 6.15. The van der Waals surface area contributed by atoms with Crippen LogP contribution in [-0.4, -0.2) is 17.7 Å². The molecule has 0 N–H and O–H groups in total. The number of rotatable bonds is 6. The molecule has 4 heteroatoms. The van der Waals surface area contributed by atoms with Gasteiger partial charge in [-0.2, -0.15) is 0 Å². The van der Waals surface area contributed by atoms with Crippen molar-refractivity contribution in [3.05, 3.63) is 0 Å². The van der Waals surface area contributed by atoms with E-state index < -0.39 is 23.1 Å². The van der Waals surface area contributed by atoms with Gasteiger partial charge in [-0.3, -0.25) is 9.59 Å². The Labute approximate surface area is 122 Å². The van der Waals surface area contributed by atoms with E-state index in [4.69, 9.17) is 9.47 Å². The number of cyclic esters (lactones) is 2. The summed E-state index contributed by atoms with van der Waals surface area (Å²) < 4.78 is 11.4. The van der Waals surface area contributed by atoms with Crippen molar-refractivity contribution in [2.24, 2.45) is 17.3 Å². The van der Waals surface area contributed by atoms with Crippen LogP contribution < -0.4 is 0 Å². The Morgan fingerprint density at radius 3 is 1.45 bits per heavy atom. The van der Waals surface area contributed by atoms with Crippen LogP contribution in [0.4, 0.5) is 0 Å². The Morgan fingerprint density at radius 2 is 1.20 bits per heavy atom. The third kappa shape index (κ3) is 2.57. The third-order valence-corrected chi connectivity index (χ3v) is 4.25. The Balaban J connectivity index is 3.17. The maximum atomic E-state index is 12.6. The minimum atomic E-state index is -1.13. The van der Waals surface area contributed by atoms with Crippen molar-refractivity contribution in [3.63, 3.8) is 0 Å². The predicted octanol–water partition coefficient (Wildman–Crippen LogP) is 3.68. The lowest BCUT2D eigenvalue weighted by Crippen LogP contribution is -2.60. The van der Waals surface area contributed by atoms with Gasteiger partial charge in [-0.05, 0) is 12.8 Å². The molecule has 1 saturated heterocycles. The van der Waals surface area contributed by atoms with Gasteiger partial charge in [0.2, 0.25) is 0 Å². The number of hydrogen-bond donors (Lipinski definition) is 0. The molecule has 0 atom stereocenters. The van der Waals surface area contributed by atoms with Crippen LogP contribution in [0.25, 0.3) is 0 Å². The molecule has 1 rings (SSSR count). The highest BCUT2D eigenvalue weighted by molar-refractivity contribution is 6.01. The lowest BCUT2D eigenvalue weighted by Gasteiger charge is -2.47. The molecule has 116 valence electrons. The van der Waals surface area contributed by atoms with Crippen LogP contribution in [0.1, 0.15) is 67.2 Å². The van der Waals surface area contributed by atoms with E-state index in [0.717, 1.165) is 12.8 Å². The van der Waals surface area contributed by atoms with Crippen molar-refractivity contribution in [3.8, 4) is 0 Å². The van der Waals surface area contributed by atoms with E-state index in [-0.39, 0.29) is 11.8 Å². The fourth-order valence-electron chi connectivity index (χ4n) is 3.11. The zero-order chi connectivity index (χ0) is 15.6. The fourth-order valence-corrected chi connectivity index (χ4v) is 3.11. The zero-order valence-electron chi connectivity index (χ0n) is 13.6. The summed E-state index contributed by atoms with van der Waals surface area (Å²) in [7, 11) is 0. The van der Waals surface area contributed by atoms with E-state index in [1.165, 1.54) is 0 Å². The number of hydrogen-bond acceptors (Lipinski definition) is 4. The third-order valence-electron chi connectivity index (χ3n) is 4.25. The van der Waals surface area contributed by atoms with Crippen LogP contribution in [0, 0.1) is 17.3 Å². The average Bonchev–Trinajstić information content (AvgIpc) is 2.35. The molecule has 0 aliphatic carbocycles. The molecule has 1 fully saturated rings. The summed E-state index contributed by atoms with van der Waals surface area (Å²) in [4.78, 5) is 25.2. The summed E-state index contributed by atoms with van der Waals surface area (Å²) in [6.07, 6.45) is 2.48. The first-order valence-electron chi connectivity index (χ1n) is 7.73. The molecule has 1 aliphatic heterocycles. The van der Waals surface area contributed by atoms with Crippen molar-refractivity contribution >= 4 is 11.9 Å². The summed E-state index contributed by atoms with van der Waals surface area (Å²) in [5.74, 6) is -2.08. The Kier molecular flexibility index (Phi) is 5.22. The molecule has 0 spiro atoms. The number of esters is 2. The lowest BCUT2D eigenvalue weighted by atomic mass is 9.77. The van der Waals surface area contributed by atoms with E-state index in [0.29, 0.717) is 12.8 Å². The van der Waals surface area contributed by atoms with Crippen LogP contribution in [0.15, 0.2) is 0 Å². The normalized spacial score (nSPS) is 21.0. The highest BCUT2D eigenvalue weighted by Gasteiger charge is 2.59. The lowest BCUT2D eigenvalue weighted by molar-refractivity contribution is -0.292. The van der Waals surface area contributed by atoms with E-state index in [2.05, 4.69) is 0 Å². The van der Waals surface area contributed by atoms with Crippen LogP contribution in [0.5, 0.6) is 0 Å². The molecule has 0 saturated carbocycles. The monoisotopic (exact) mass is 284 g/mol. The first-order chi connectivity index (χ1) is 9.26. The number of carbonyl (C=O) groups is 2. The van der Waals surface area contributed by atoms with Crippen LogP contribution in [0.3, 0.4) is 0 Å². The molecule has 0 amide bonds. The molecule has 1 heterocycles. The number of ether oxygens (including phenoxy) is 2. The van der Waals surface area contributed by atoms with Crippen molar-refractivity contribution in [2.75, 3.05) is 0 Å². The Bertz CT molecular complexity index is 335. The Hall–Kier alpha value is -1.06. The molecule has 0 aromatic heterocycles. The van der Waals surface area contributed by atoms with E-state index in [9.17, 15) is 9.59 Å². The van der Waals surface area contributed by atoms with Gasteiger partial charge in [-0.1, -0.05) is 54.4 Å². The highest BCUT2D eigenvalue weighted by atomic mass is 16.7. The van der Waals surface area contributed by atoms with Gasteiger partial charge in [0, 0.05) is 11.8 Å². The molecule has 20 heavy (non-hydrogen) atoms. The molecule has 0 aromatic carbocycles. The second-order valence-electron chi connectivity index (χ2n) is 6.39. The Morgan fingerprint density at radius 1 is 0.850 bits per heavy atom. The van der Waals surface area contributed by atoms with Crippen LogP contribution >= 0.6 is 0 Å². The predicted molar refractivity (Wildman–Crippen MR) is 76.8 cm³/mol.